The first-order chi connectivity index (χ1) is 6.72. The maximum absolute atomic E-state index is 4.34. The normalized spacial score (nSPS) is 11.1. The van der Waals surface area contributed by atoms with Gasteiger partial charge in [-0.1, -0.05) is 0 Å². The van der Waals surface area contributed by atoms with Gasteiger partial charge in [-0.3, -0.25) is 0 Å². The van der Waals surface area contributed by atoms with E-state index in [1.54, 1.807) is 0 Å². The van der Waals surface area contributed by atoms with Gasteiger partial charge in [0.25, 0.3) is 0 Å². The molecule has 14 heavy (non-hydrogen) atoms. The van der Waals surface area contributed by atoms with Gasteiger partial charge in [-0.05, 0) is 21.1 Å². The number of hydrogen-bond acceptors (Lipinski definition) is 3. The highest BCUT2D eigenvalue weighted by Crippen LogP contribution is 1.96. The maximum atomic E-state index is 4.34. The van der Waals surface area contributed by atoms with Crippen molar-refractivity contribution < 1.29 is 0 Å². The Kier molecular flexibility index (Phi) is 4.62. The third-order valence-electron chi connectivity index (χ3n) is 2.12. The van der Waals surface area contributed by atoms with Crippen molar-refractivity contribution in [3.05, 3.63) is 18.2 Å². The van der Waals surface area contributed by atoms with E-state index < -0.39 is 0 Å². The minimum atomic E-state index is 0.991. The Labute approximate surface area is 85.9 Å². The van der Waals surface area contributed by atoms with Crippen molar-refractivity contribution in [3.8, 4) is 0 Å². The monoisotopic (exact) mass is 196 g/mol. The lowest BCUT2D eigenvalue weighted by Gasteiger charge is -2.08. The molecule has 0 aliphatic carbocycles. The van der Waals surface area contributed by atoms with E-state index in [2.05, 4.69) is 40.1 Å². The minimum Gasteiger partial charge on any atom is -0.336 e. The molecule has 1 aromatic rings. The van der Waals surface area contributed by atoms with Crippen LogP contribution in [-0.4, -0.2) is 48.7 Å². The Balaban J connectivity index is 2.35. The molecular formula is C10H20N4. The number of rotatable bonds is 6. The second-order valence-electron chi connectivity index (χ2n) is 3.76. The first kappa shape index (κ1) is 11.2. The first-order valence-corrected chi connectivity index (χ1v) is 5.02. The van der Waals surface area contributed by atoms with Crippen molar-refractivity contribution in [1.82, 2.24) is 19.8 Å². The molecule has 1 heterocycles. The molecule has 1 rings (SSSR count). The van der Waals surface area contributed by atoms with E-state index in [1.165, 1.54) is 0 Å². The van der Waals surface area contributed by atoms with Crippen molar-refractivity contribution >= 4 is 0 Å². The summed E-state index contributed by atoms with van der Waals surface area (Å²) in [5.74, 6) is 0. The Morgan fingerprint density at radius 2 is 2.29 bits per heavy atom. The van der Waals surface area contributed by atoms with Crippen LogP contribution in [-0.2, 0) is 13.0 Å². The topological polar surface area (TPSA) is 33.1 Å². The smallest absolute Gasteiger partial charge is 0.0949 e. The average molecular weight is 196 g/mol. The quantitative estimate of drug-likeness (QED) is 0.706. The zero-order chi connectivity index (χ0) is 10.4. The highest BCUT2D eigenvalue weighted by Gasteiger charge is 1.98. The van der Waals surface area contributed by atoms with Crippen LogP contribution in [0.3, 0.4) is 0 Å². The SMILES string of the molecule is CNCCc1cn(CCN(C)C)cn1. The molecule has 0 aliphatic rings. The summed E-state index contributed by atoms with van der Waals surface area (Å²) in [5, 5.41) is 3.12. The highest BCUT2D eigenvalue weighted by molar-refractivity contribution is 4.97. The molecule has 4 heteroatoms. The van der Waals surface area contributed by atoms with Gasteiger partial charge in [-0.2, -0.15) is 0 Å². The van der Waals surface area contributed by atoms with Crippen LogP contribution >= 0.6 is 0 Å². The summed E-state index contributed by atoms with van der Waals surface area (Å²) in [5.41, 5.74) is 1.16. The molecular weight excluding hydrogens is 176 g/mol. The predicted octanol–water partition coefficient (Wildman–Crippen LogP) is 0.207. The van der Waals surface area contributed by atoms with Gasteiger partial charge in [-0.25, -0.2) is 4.98 Å². The van der Waals surface area contributed by atoms with Crippen molar-refractivity contribution in [1.29, 1.82) is 0 Å². The van der Waals surface area contributed by atoms with Crippen molar-refractivity contribution in [2.45, 2.75) is 13.0 Å². The summed E-state index contributed by atoms with van der Waals surface area (Å²) in [4.78, 5) is 6.51. The van der Waals surface area contributed by atoms with E-state index in [0.29, 0.717) is 0 Å². The minimum absolute atomic E-state index is 0.991. The van der Waals surface area contributed by atoms with E-state index in [9.17, 15) is 0 Å². The Morgan fingerprint density at radius 3 is 2.93 bits per heavy atom. The van der Waals surface area contributed by atoms with Gasteiger partial charge >= 0.3 is 0 Å². The molecule has 0 bridgehead atoms. The van der Waals surface area contributed by atoms with E-state index >= 15 is 0 Å². The number of nitrogens with zero attached hydrogens (tertiary/aromatic N) is 3. The highest BCUT2D eigenvalue weighted by atomic mass is 15.1. The van der Waals surface area contributed by atoms with Crippen molar-refractivity contribution in [2.75, 3.05) is 34.2 Å². The van der Waals surface area contributed by atoms with Crippen LogP contribution in [0.2, 0.25) is 0 Å². The van der Waals surface area contributed by atoms with E-state index in [0.717, 1.165) is 31.7 Å². The Morgan fingerprint density at radius 1 is 1.50 bits per heavy atom. The van der Waals surface area contributed by atoms with Gasteiger partial charge in [0.2, 0.25) is 0 Å². The summed E-state index contributed by atoms with van der Waals surface area (Å²) >= 11 is 0. The molecule has 80 valence electrons. The van der Waals surface area contributed by atoms with E-state index in [4.69, 9.17) is 0 Å². The summed E-state index contributed by atoms with van der Waals surface area (Å²) in [6, 6.07) is 0. The molecule has 0 fully saturated rings. The van der Waals surface area contributed by atoms with Crippen LogP contribution in [0.4, 0.5) is 0 Å². The molecule has 1 N–H and O–H groups in total. The standard InChI is InChI=1S/C10H20N4/c1-11-5-4-10-8-14(9-12-10)7-6-13(2)3/h8-9,11H,4-7H2,1-3H3. The van der Waals surface area contributed by atoms with Crippen LogP contribution < -0.4 is 5.32 Å². The molecule has 4 nitrogen and oxygen atoms in total. The molecule has 0 aromatic carbocycles. The van der Waals surface area contributed by atoms with Crippen molar-refractivity contribution in [3.63, 3.8) is 0 Å². The molecule has 0 radical (unpaired) electrons. The van der Waals surface area contributed by atoms with Crippen LogP contribution in [0, 0.1) is 0 Å². The predicted molar refractivity (Wildman–Crippen MR) is 58.4 cm³/mol. The Hall–Kier alpha value is -0.870. The number of nitrogens with one attached hydrogen (secondary N) is 1. The van der Waals surface area contributed by atoms with Gasteiger partial charge < -0.3 is 14.8 Å². The first-order valence-electron chi connectivity index (χ1n) is 5.02. The third kappa shape index (κ3) is 3.89. The molecule has 0 unspecified atom stereocenters. The van der Waals surface area contributed by atoms with Gasteiger partial charge in [-0.15, -0.1) is 0 Å². The lowest BCUT2D eigenvalue weighted by molar-refractivity contribution is 0.383. The van der Waals surface area contributed by atoms with Crippen LogP contribution in [0.15, 0.2) is 12.5 Å². The largest absolute Gasteiger partial charge is 0.336 e. The summed E-state index contributed by atoms with van der Waals surface area (Å²) < 4.78 is 2.14. The third-order valence-corrected chi connectivity index (χ3v) is 2.12. The lowest BCUT2D eigenvalue weighted by atomic mass is 10.3. The number of likely N-dealkylation sites (N-methyl/N-ethyl adjacent to an activating group) is 2. The number of aromatic nitrogens is 2. The van der Waals surface area contributed by atoms with Crippen LogP contribution in [0.1, 0.15) is 5.69 Å². The van der Waals surface area contributed by atoms with Crippen LogP contribution in [0.25, 0.3) is 0 Å². The van der Waals surface area contributed by atoms with Gasteiger partial charge in [0.15, 0.2) is 0 Å². The van der Waals surface area contributed by atoms with Gasteiger partial charge in [0, 0.05) is 32.3 Å². The lowest BCUT2D eigenvalue weighted by Crippen LogP contribution is -2.17. The summed E-state index contributed by atoms with van der Waals surface area (Å²) in [7, 11) is 6.13. The Bertz CT molecular complexity index is 254. The zero-order valence-corrected chi connectivity index (χ0v) is 9.32. The average Bonchev–Trinajstić information content (AvgIpc) is 2.59. The fourth-order valence-electron chi connectivity index (χ4n) is 1.23. The van der Waals surface area contributed by atoms with Crippen LogP contribution in [0.5, 0.6) is 0 Å². The van der Waals surface area contributed by atoms with E-state index in [-0.39, 0.29) is 0 Å². The second kappa shape index (κ2) is 5.78. The molecule has 0 atom stereocenters. The summed E-state index contributed by atoms with van der Waals surface area (Å²) in [6.07, 6.45) is 5.04. The summed E-state index contributed by atoms with van der Waals surface area (Å²) in [6.45, 7) is 3.06. The molecule has 0 aliphatic heterocycles. The molecule has 0 spiro atoms. The second-order valence-corrected chi connectivity index (χ2v) is 3.76. The van der Waals surface area contributed by atoms with E-state index in [1.807, 2.05) is 13.4 Å². The van der Waals surface area contributed by atoms with Gasteiger partial charge in [0.05, 0.1) is 12.0 Å². The van der Waals surface area contributed by atoms with Crippen molar-refractivity contribution in [2.24, 2.45) is 0 Å². The molecule has 1 aromatic heterocycles. The molecule has 0 saturated carbocycles. The zero-order valence-electron chi connectivity index (χ0n) is 9.32. The molecule has 0 amide bonds. The maximum Gasteiger partial charge on any atom is 0.0949 e. The molecule has 0 saturated heterocycles. The fraction of sp³-hybridized carbons (Fsp3) is 0.700. The fourth-order valence-corrected chi connectivity index (χ4v) is 1.23. The number of imidazole rings is 1. The number of hydrogen-bond donors (Lipinski definition) is 1. The van der Waals surface area contributed by atoms with Gasteiger partial charge in [0.1, 0.15) is 0 Å².